The van der Waals surface area contributed by atoms with E-state index in [9.17, 15) is 4.39 Å². The zero-order valence-electron chi connectivity index (χ0n) is 14.4. The lowest BCUT2D eigenvalue weighted by Gasteiger charge is -2.37. The molecule has 4 rings (SSSR count). The number of nitrogens with zero attached hydrogens (tertiary/aromatic N) is 2. The molecule has 3 aliphatic rings. The predicted molar refractivity (Wildman–Crippen MR) is 95.3 cm³/mol. The number of likely N-dealkylation sites (tertiary alicyclic amines) is 1. The van der Waals surface area contributed by atoms with Crippen LogP contribution in [0.25, 0.3) is 0 Å². The third kappa shape index (κ3) is 4.15. The molecule has 0 N–H and O–H groups in total. The quantitative estimate of drug-likeness (QED) is 0.838. The summed E-state index contributed by atoms with van der Waals surface area (Å²) in [5.41, 5.74) is 0. The largest absolute Gasteiger partial charge is 0.486 e. The predicted octanol–water partition coefficient (Wildman–Crippen LogP) is 3.06. The van der Waals surface area contributed by atoms with Crippen LogP contribution in [-0.2, 0) is 0 Å². The van der Waals surface area contributed by atoms with E-state index in [2.05, 4.69) is 34.2 Å². The summed E-state index contributed by atoms with van der Waals surface area (Å²) >= 11 is 0. The summed E-state index contributed by atoms with van der Waals surface area (Å²) in [6, 6.07) is 4.45. The molecule has 1 saturated heterocycles. The van der Waals surface area contributed by atoms with E-state index >= 15 is 0 Å². The molecule has 1 aromatic rings. The van der Waals surface area contributed by atoms with Gasteiger partial charge in [0.05, 0.1) is 0 Å². The first-order chi connectivity index (χ1) is 12.3. The molecule has 0 saturated carbocycles. The Hall–Kier alpha value is -2.01. The molecule has 0 radical (unpaired) electrons. The molecular formula is C20H25FN2O2. The van der Waals surface area contributed by atoms with Crippen molar-refractivity contribution >= 4 is 0 Å². The molecule has 0 unspecified atom stereocenters. The van der Waals surface area contributed by atoms with Gasteiger partial charge in [-0.25, -0.2) is 4.39 Å². The fraction of sp³-hybridized carbons (Fsp3) is 0.500. The van der Waals surface area contributed by atoms with Gasteiger partial charge in [-0.3, -0.25) is 4.90 Å². The van der Waals surface area contributed by atoms with Crippen molar-refractivity contribution in [1.82, 2.24) is 9.80 Å². The van der Waals surface area contributed by atoms with Crippen LogP contribution < -0.4 is 9.47 Å². The van der Waals surface area contributed by atoms with Gasteiger partial charge in [0.2, 0.25) is 0 Å². The van der Waals surface area contributed by atoms with Crippen molar-refractivity contribution in [3.63, 3.8) is 0 Å². The van der Waals surface area contributed by atoms with E-state index in [1.165, 1.54) is 25.0 Å². The number of hydrogen-bond donors (Lipinski definition) is 0. The van der Waals surface area contributed by atoms with Crippen molar-refractivity contribution < 1.29 is 13.9 Å². The van der Waals surface area contributed by atoms with Gasteiger partial charge >= 0.3 is 0 Å². The number of hydrogen-bond acceptors (Lipinski definition) is 4. The number of allylic oxidation sites excluding steroid dienone is 2. The number of benzene rings is 1. The van der Waals surface area contributed by atoms with Crippen LogP contribution in [0.3, 0.4) is 0 Å². The topological polar surface area (TPSA) is 24.9 Å². The average Bonchev–Trinajstić information content (AvgIpc) is 2.64. The summed E-state index contributed by atoms with van der Waals surface area (Å²) in [5.74, 6) is 1.63. The van der Waals surface area contributed by atoms with Crippen molar-refractivity contribution in [2.45, 2.75) is 18.9 Å². The maximum atomic E-state index is 13.4. The van der Waals surface area contributed by atoms with Crippen molar-refractivity contribution in [3.05, 3.63) is 48.4 Å². The van der Waals surface area contributed by atoms with Gasteiger partial charge in [-0.05, 0) is 56.3 Å². The second-order valence-corrected chi connectivity index (χ2v) is 7.11. The first-order valence-electron chi connectivity index (χ1n) is 9.15. The fourth-order valence-corrected chi connectivity index (χ4v) is 3.79. The Morgan fingerprint density at radius 3 is 2.76 bits per heavy atom. The molecule has 1 fully saturated rings. The average molecular weight is 344 g/mol. The van der Waals surface area contributed by atoms with Crippen molar-refractivity contribution in [1.29, 1.82) is 0 Å². The molecule has 0 bridgehead atoms. The summed E-state index contributed by atoms with van der Waals surface area (Å²) in [6.45, 7) is 5.73. The minimum atomic E-state index is -0.287. The van der Waals surface area contributed by atoms with Gasteiger partial charge in [0.25, 0.3) is 0 Å². The van der Waals surface area contributed by atoms with Crippen LogP contribution in [0, 0.1) is 11.7 Å². The maximum Gasteiger partial charge on any atom is 0.164 e. The third-order valence-corrected chi connectivity index (χ3v) is 5.17. The highest BCUT2D eigenvalue weighted by Gasteiger charge is 2.27. The first kappa shape index (κ1) is 16.5. The van der Waals surface area contributed by atoms with Gasteiger partial charge in [0.1, 0.15) is 18.5 Å². The van der Waals surface area contributed by atoms with Crippen molar-refractivity contribution in [2.75, 3.05) is 39.3 Å². The fourth-order valence-electron chi connectivity index (χ4n) is 3.79. The smallest absolute Gasteiger partial charge is 0.164 e. The molecule has 0 aliphatic carbocycles. The molecule has 0 spiro atoms. The first-order valence-corrected chi connectivity index (χ1v) is 9.15. The molecular weight excluding hydrogens is 319 g/mol. The highest BCUT2D eigenvalue weighted by molar-refractivity contribution is 5.41. The summed E-state index contributed by atoms with van der Waals surface area (Å²) in [5, 5.41) is 0. The van der Waals surface area contributed by atoms with Crippen molar-refractivity contribution in [3.8, 4) is 11.5 Å². The number of halogens is 1. The molecule has 1 atom stereocenters. The maximum absolute atomic E-state index is 13.4. The lowest BCUT2D eigenvalue weighted by atomic mass is 9.96. The normalized spacial score (nSPS) is 23.9. The van der Waals surface area contributed by atoms with Crippen LogP contribution in [0.4, 0.5) is 4.39 Å². The molecule has 3 heterocycles. The molecule has 4 nitrogen and oxygen atoms in total. The summed E-state index contributed by atoms with van der Waals surface area (Å²) in [6.07, 6.45) is 11.0. The SMILES string of the molecule is Fc1ccc2c(c1)O[C@@H](CN1CCC(CN3C=CC=CC3)CC1)CO2. The van der Waals surface area contributed by atoms with Gasteiger partial charge in [-0.2, -0.15) is 0 Å². The molecule has 0 amide bonds. The van der Waals surface area contributed by atoms with E-state index < -0.39 is 0 Å². The minimum absolute atomic E-state index is 0.0268. The Bertz CT molecular complexity index is 653. The van der Waals surface area contributed by atoms with E-state index in [0.29, 0.717) is 18.1 Å². The number of fused-ring (bicyclic) bond motifs is 1. The Morgan fingerprint density at radius 1 is 1.08 bits per heavy atom. The van der Waals surface area contributed by atoms with E-state index in [1.807, 2.05) is 0 Å². The Balaban J connectivity index is 1.24. The minimum Gasteiger partial charge on any atom is -0.486 e. The lowest BCUT2D eigenvalue weighted by Crippen LogP contribution is -2.45. The molecule has 0 aromatic heterocycles. The molecule has 25 heavy (non-hydrogen) atoms. The highest BCUT2D eigenvalue weighted by atomic mass is 19.1. The summed E-state index contributed by atoms with van der Waals surface area (Å²) in [4.78, 5) is 4.84. The molecule has 1 aromatic carbocycles. The molecule has 3 aliphatic heterocycles. The third-order valence-electron chi connectivity index (χ3n) is 5.17. The summed E-state index contributed by atoms with van der Waals surface area (Å²) in [7, 11) is 0. The van der Waals surface area contributed by atoms with Gasteiger partial charge in [0, 0.05) is 25.7 Å². The zero-order chi connectivity index (χ0) is 17.1. The van der Waals surface area contributed by atoms with Crippen LogP contribution in [0.2, 0.25) is 0 Å². The molecule has 5 heteroatoms. The van der Waals surface area contributed by atoms with E-state index in [1.54, 1.807) is 6.07 Å². The van der Waals surface area contributed by atoms with Crippen LogP contribution in [0.1, 0.15) is 12.8 Å². The van der Waals surface area contributed by atoms with E-state index in [0.717, 1.165) is 38.6 Å². The Labute approximate surface area is 148 Å². The van der Waals surface area contributed by atoms with E-state index in [4.69, 9.17) is 9.47 Å². The lowest BCUT2D eigenvalue weighted by molar-refractivity contribution is 0.0458. The van der Waals surface area contributed by atoms with Crippen LogP contribution in [0.15, 0.2) is 42.6 Å². The second-order valence-electron chi connectivity index (χ2n) is 7.11. The monoisotopic (exact) mass is 344 g/mol. The van der Waals surface area contributed by atoms with Gasteiger partial charge in [-0.1, -0.05) is 12.2 Å². The number of ether oxygens (including phenoxy) is 2. The van der Waals surface area contributed by atoms with Gasteiger partial charge < -0.3 is 14.4 Å². The highest BCUT2D eigenvalue weighted by Crippen LogP contribution is 2.32. The summed E-state index contributed by atoms with van der Waals surface area (Å²) < 4.78 is 25.0. The Kier molecular flexibility index (Phi) is 4.92. The van der Waals surface area contributed by atoms with E-state index in [-0.39, 0.29) is 11.9 Å². The van der Waals surface area contributed by atoms with Gasteiger partial charge in [0.15, 0.2) is 11.5 Å². The van der Waals surface area contributed by atoms with Crippen molar-refractivity contribution in [2.24, 2.45) is 5.92 Å². The standard InChI is InChI=1S/C20H25FN2O2/c21-17-4-5-19-20(12-17)25-18(15-24-19)14-23-10-6-16(7-11-23)13-22-8-2-1-3-9-22/h1-5,8,12,16,18H,6-7,9-11,13-15H2/t18-/m0/s1. The second kappa shape index (κ2) is 7.48. The molecule has 134 valence electrons. The Morgan fingerprint density at radius 2 is 1.96 bits per heavy atom. The van der Waals surface area contributed by atoms with Gasteiger partial charge in [-0.15, -0.1) is 0 Å². The van der Waals surface area contributed by atoms with Crippen LogP contribution in [-0.4, -0.2) is 55.2 Å². The number of rotatable bonds is 4. The number of piperidine rings is 1. The zero-order valence-corrected chi connectivity index (χ0v) is 14.4. The van der Waals surface area contributed by atoms with Crippen LogP contribution >= 0.6 is 0 Å². The van der Waals surface area contributed by atoms with Crippen LogP contribution in [0.5, 0.6) is 11.5 Å².